The molecule has 1 atom stereocenters. The predicted octanol–water partition coefficient (Wildman–Crippen LogP) is 1.01. The number of hydrogen-bond donors (Lipinski definition) is 2. The van der Waals surface area contributed by atoms with Gasteiger partial charge in [-0.05, 0) is 43.0 Å². The smallest absolute Gasteiger partial charge is 0.310 e. The fourth-order valence-corrected chi connectivity index (χ4v) is 4.34. The first-order chi connectivity index (χ1) is 10.7. The third-order valence-corrected chi connectivity index (χ3v) is 6.13. The molecule has 0 saturated carbocycles. The summed E-state index contributed by atoms with van der Waals surface area (Å²) < 4.78 is 26.6. The van der Waals surface area contributed by atoms with E-state index in [-0.39, 0.29) is 30.0 Å². The SMILES string of the molecule is CC1(C(=O)O)CCN(S(=O)(=O)c2ccc3[nH]c(=O)ccc3c2)C1. The molecule has 1 unspecified atom stereocenters. The van der Waals surface area contributed by atoms with E-state index in [0.29, 0.717) is 10.9 Å². The Hall–Kier alpha value is -2.19. The lowest BCUT2D eigenvalue weighted by Crippen LogP contribution is -2.34. The number of benzene rings is 1. The Morgan fingerprint density at radius 1 is 1.30 bits per heavy atom. The fraction of sp³-hybridized carbons (Fsp3) is 0.333. The summed E-state index contributed by atoms with van der Waals surface area (Å²) in [5.41, 5.74) is -0.770. The van der Waals surface area contributed by atoms with Gasteiger partial charge in [-0.1, -0.05) is 0 Å². The number of fused-ring (bicyclic) bond motifs is 1. The summed E-state index contributed by atoms with van der Waals surface area (Å²) in [5, 5.41) is 9.84. The molecule has 0 aliphatic carbocycles. The molecule has 2 heterocycles. The van der Waals surface area contributed by atoms with Gasteiger partial charge in [-0.25, -0.2) is 8.42 Å². The number of aromatic nitrogens is 1. The monoisotopic (exact) mass is 336 g/mol. The second-order valence-corrected chi connectivity index (χ2v) is 7.96. The lowest BCUT2D eigenvalue weighted by Gasteiger charge is -2.20. The zero-order valence-electron chi connectivity index (χ0n) is 12.4. The second kappa shape index (κ2) is 5.17. The number of hydrogen-bond acceptors (Lipinski definition) is 4. The molecule has 0 amide bonds. The Balaban J connectivity index is 1.99. The van der Waals surface area contributed by atoms with E-state index >= 15 is 0 Å². The minimum absolute atomic E-state index is 0.0473. The number of carbonyl (C=O) groups is 1. The summed E-state index contributed by atoms with van der Waals surface area (Å²) in [6.45, 7) is 1.68. The van der Waals surface area contributed by atoms with Gasteiger partial charge in [0.25, 0.3) is 0 Å². The van der Waals surface area contributed by atoms with E-state index in [0.717, 1.165) is 0 Å². The van der Waals surface area contributed by atoms with Crippen LogP contribution in [-0.2, 0) is 14.8 Å². The van der Waals surface area contributed by atoms with E-state index in [9.17, 15) is 23.1 Å². The van der Waals surface area contributed by atoms with Crippen LogP contribution in [0.15, 0.2) is 40.0 Å². The van der Waals surface area contributed by atoms with Crippen molar-refractivity contribution in [3.63, 3.8) is 0 Å². The molecule has 23 heavy (non-hydrogen) atoms. The number of aliphatic carboxylic acids is 1. The number of carboxylic acids is 1. The van der Waals surface area contributed by atoms with Crippen molar-refractivity contribution in [2.75, 3.05) is 13.1 Å². The van der Waals surface area contributed by atoms with Crippen molar-refractivity contribution >= 4 is 26.9 Å². The summed E-state index contributed by atoms with van der Waals surface area (Å²) in [6, 6.07) is 7.33. The minimum Gasteiger partial charge on any atom is -0.481 e. The maximum absolute atomic E-state index is 12.7. The topological polar surface area (TPSA) is 108 Å². The highest BCUT2D eigenvalue weighted by Gasteiger charge is 2.44. The van der Waals surface area contributed by atoms with Crippen LogP contribution in [0.2, 0.25) is 0 Å². The van der Waals surface area contributed by atoms with Gasteiger partial charge >= 0.3 is 5.97 Å². The third kappa shape index (κ3) is 2.64. The predicted molar refractivity (Wildman–Crippen MR) is 83.7 cm³/mol. The highest BCUT2D eigenvalue weighted by molar-refractivity contribution is 7.89. The summed E-state index contributed by atoms with van der Waals surface area (Å²) in [4.78, 5) is 25.3. The van der Waals surface area contributed by atoms with E-state index in [2.05, 4.69) is 4.98 Å². The Bertz CT molecular complexity index is 950. The van der Waals surface area contributed by atoms with Crippen molar-refractivity contribution in [2.45, 2.75) is 18.2 Å². The third-order valence-electron chi connectivity index (χ3n) is 4.29. The summed E-state index contributed by atoms with van der Waals surface area (Å²) in [6.07, 6.45) is 0.280. The Kier molecular flexibility index (Phi) is 3.53. The van der Waals surface area contributed by atoms with Crippen LogP contribution in [0.3, 0.4) is 0 Å². The molecular formula is C15H16N2O5S. The molecule has 0 spiro atoms. The van der Waals surface area contributed by atoms with Crippen LogP contribution in [0.25, 0.3) is 10.9 Å². The van der Waals surface area contributed by atoms with E-state index in [1.165, 1.54) is 28.6 Å². The molecule has 0 radical (unpaired) electrons. The van der Waals surface area contributed by atoms with Gasteiger partial charge in [0.1, 0.15) is 0 Å². The molecule has 122 valence electrons. The van der Waals surface area contributed by atoms with Gasteiger partial charge in [-0.15, -0.1) is 0 Å². The number of pyridine rings is 1. The summed E-state index contributed by atoms with van der Waals surface area (Å²) in [5.74, 6) is -0.994. The molecule has 1 aliphatic rings. The number of rotatable bonds is 3. The van der Waals surface area contributed by atoms with E-state index in [1.807, 2.05) is 0 Å². The van der Waals surface area contributed by atoms with Crippen molar-refractivity contribution in [1.29, 1.82) is 0 Å². The van der Waals surface area contributed by atoms with Crippen LogP contribution in [0.5, 0.6) is 0 Å². The van der Waals surface area contributed by atoms with Gasteiger partial charge in [-0.2, -0.15) is 4.31 Å². The minimum atomic E-state index is -3.77. The van der Waals surface area contributed by atoms with E-state index in [1.54, 1.807) is 13.0 Å². The first-order valence-corrected chi connectivity index (χ1v) is 8.53. The largest absolute Gasteiger partial charge is 0.481 e. The standard InChI is InChI=1S/C15H16N2O5S/c1-15(14(19)20)6-7-17(9-15)23(21,22)11-3-4-12-10(8-11)2-5-13(18)16-12/h2-5,8H,6-7,9H2,1H3,(H,16,18)(H,19,20). The van der Waals surface area contributed by atoms with Gasteiger partial charge in [-0.3, -0.25) is 9.59 Å². The van der Waals surface area contributed by atoms with Gasteiger partial charge < -0.3 is 10.1 Å². The first-order valence-electron chi connectivity index (χ1n) is 7.09. The zero-order chi connectivity index (χ0) is 16.8. The number of aromatic amines is 1. The van der Waals surface area contributed by atoms with E-state index in [4.69, 9.17) is 0 Å². The van der Waals surface area contributed by atoms with Gasteiger partial charge in [0.15, 0.2) is 0 Å². The molecule has 1 fully saturated rings. The molecule has 8 heteroatoms. The Labute approximate surface area is 132 Å². The highest BCUT2D eigenvalue weighted by atomic mass is 32.2. The van der Waals surface area contributed by atoms with Gasteiger partial charge in [0.05, 0.1) is 10.3 Å². The lowest BCUT2D eigenvalue weighted by molar-refractivity contribution is -0.146. The van der Waals surface area contributed by atoms with Crippen molar-refractivity contribution in [3.05, 3.63) is 40.7 Å². The molecule has 1 aliphatic heterocycles. The fourth-order valence-electron chi connectivity index (χ4n) is 2.74. The summed E-state index contributed by atoms with van der Waals surface area (Å²) >= 11 is 0. The highest BCUT2D eigenvalue weighted by Crippen LogP contribution is 2.34. The quantitative estimate of drug-likeness (QED) is 0.870. The van der Waals surface area contributed by atoms with Crippen molar-refractivity contribution < 1.29 is 18.3 Å². The number of nitrogens with zero attached hydrogens (tertiary/aromatic N) is 1. The van der Waals surface area contributed by atoms with Crippen molar-refractivity contribution in [3.8, 4) is 0 Å². The average molecular weight is 336 g/mol. The van der Waals surface area contributed by atoms with Crippen molar-refractivity contribution in [2.24, 2.45) is 5.41 Å². The molecule has 1 aromatic carbocycles. The Morgan fingerprint density at radius 2 is 2.04 bits per heavy atom. The molecule has 3 rings (SSSR count). The first kappa shape index (κ1) is 15.7. The number of nitrogens with one attached hydrogen (secondary N) is 1. The molecule has 1 saturated heterocycles. The van der Waals surface area contributed by atoms with Crippen LogP contribution < -0.4 is 5.56 Å². The normalized spacial score (nSPS) is 22.5. The van der Waals surface area contributed by atoms with Crippen LogP contribution in [-0.4, -0.2) is 41.9 Å². The van der Waals surface area contributed by atoms with Gasteiger partial charge in [0, 0.05) is 24.7 Å². The number of sulfonamides is 1. The van der Waals surface area contributed by atoms with Crippen molar-refractivity contribution in [1.82, 2.24) is 9.29 Å². The Morgan fingerprint density at radius 3 is 2.70 bits per heavy atom. The zero-order valence-corrected chi connectivity index (χ0v) is 13.3. The number of carboxylic acid groups (broad SMARTS) is 1. The molecule has 1 aromatic heterocycles. The maximum atomic E-state index is 12.7. The molecular weight excluding hydrogens is 320 g/mol. The van der Waals surface area contributed by atoms with Crippen LogP contribution in [0.4, 0.5) is 0 Å². The number of H-pyrrole nitrogens is 1. The van der Waals surface area contributed by atoms with E-state index < -0.39 is 21.4 Å². The average Bonchev–Trinajstić information content (AvgIpc) is 2.91. The maximum Gasteiger partial charge on any atom is 0.310 e. The molecule has 2 aromatic rings. The molecule has 7 nitrogen and oxygen atoms in total. The van der Waals surface area contributed by atoms with Crippen LogP contribution in [0, 0.1) is 5.41 Å². The van der Waals surface area contributed by atoms with Crippen LogP contribution >= 0.6 is 0 Å². The van der Waals surface area contributed by atoms with Crippen LogP contribution in [0.1, 0.15) is 13.3 Å². The molecule has 2 N–H and O–H groups in total. The lowest BCUT2D eigenvalue weighted by atomic mass is 9.90. The van der Waals surface area contributed by atoms with Gasteiger partial charge in [0.2, 0.25) is 15.6 Å². The second-order valence-electron chi connectivity index (χ2n) is 6.03. The summed E-state index contributed by atoms with van der Waals surface area (Å²) in [7, 11) is -3.77. The molecule has 0 bridgehead atoms.